The zero-order valence-electron chi connectivity index (χ0n) is 7.19. The Labute approximate surface area is 75.6 Å². The van der Waals surface area contributed by atoms with Crippen LogP contribution in [-0.2, 0) is 0 Å². The summed E-state index contributed by atoms with van der Waals surface area (Å²) in [5.41, 5.74) is 1.81. The molecule has 0 aliphatic carbocycles. The quantitative estimate of drug-likeness (QED) is 0.752. The van der Waals surface area contributed by atoms with Crippen molar-refractivity contribution in [1.82, 2.24) is 15.0 Å². The smallest absolute Gasteiger partial charge is 0.137 e. The molecule has 0 unspecified atom stereocenters. The van der Waals surface area contributed by atoms with Gasteiger partial charge in [0.25, 0.3) is 0 Å². The van der Waals surface area contributed by atoms with Crippen molar-refractivity contribution in [1.29, 1.82) is 0 Å². The summed E-state index contributed by atoms with van der Waals surface area (Å²) in [4.78, 5) is 11.0. The van der Waals surface area contributed by atoms with Gasteiger partial charge >= 0.3 is 0 Å². The Kier molecular flexibility index (Phi) is 1.96. The highest BCUT2D eigenvalue weighted by Gasteiger charge is 2.00. The minimum absolute atomic E-state index is 0.737. The molecule has 4 nitrogen and oxygen atoms in total. The van der Waals surface area contributed by atoms with Crippen molar-refractivity contribution in [2.45, 2.75) is 0 Å². The van der Waals surface area contributed by atoms with Gasteiger partial charge in [0, 0.05) is 18.0 Å². The van der Waals surface area contributed by atoms with Gasteiger partial charge in [0.05, 0.1) is 25.3 Å². The third kappa shape index (κ3) is 1.51. The van der Waals surface area contributed by atoms with Gasteiger partial charge in [-0.2, -0.15) is 0 Å². The van der Waals surface area contributed by atoms with E-state index in [2.05, 4.69) is 15.0 Å². The second kappa shape index (κ2) is 3.26. The van der Waals surface area contributed by atoms with E-state index in [-0.39, 0.29) is 0 Å². The Morgan fingerprint density at radius 3 is 3.00 bits per heavy atom. The molecule has 2 aromatic heterocycles. The maximum atomic E-state index is 5.05. The van der Waals surface area contributed by atoms with E-state index in [0.29, 0.717) is 0 Å². The highest BCUT2D eigenvalue weighted by Crippen LogP contribution is 2.19. The van der Waals surface area contributed by atoms with Gasteiger partial charge < -0.3 is 9.72 Å². The molecule has 0 saturated carbocycles. The van der Waals surface area contributed by atoms with Gasteiger partial charge in [-0.05, 0) is 6.07 Å². The van der Waals surface area contributed by atoms with Crippen LogP contribution in [0.25, 0.3) is 11.3 Å². The lowest BCUT2D eigenvalue weighted by Crippen LogP contribution is -1.85. The molecule has 0 amide bonds. The van der Waals surface area contributed by atoms with Crippen LogP contribution in [0.5, 0.6) is 5.75 Å². The van der Waals surface area contributed by atoms with Crippen molar-refractivity contribution in [3.05, 3.63) is 31.0 Å². The first-order valence-corrected chi connectivity index (χ1v) is 3.88. The molecule has 0 fully saturated rings. The molecule has 0 bridgehead atoms. The van der Waals surface area contributed by atoms with Crippen molar-refractivity contribution < 1.29 is 4.74 Å². The first-order valence-electron chi connectivity index (χ1n) is 3.88. The van der Waals surface area contributed by atoms with E-state index in [1.54, 1.807) is 25.8 Å². The Morgan fingerprint density at radius 1 is 1.38 bits per heavy atom. The summed E-state index contributed by atoms with van der Waals surface area (Å²) in [5.74, 6) is 0.737. The predicted octanol–water partition coefficient (Wildman–Crippen LogP) is 1.48. The molecule has 2 aromatic rings. The highest BCUT2D eigenvalue weighted by atomic mass is 16.5. The number of imidazole rings is 1. The molecule has 0 aliphatic rings. The maximum Gasteiger partial charge on any atom is 0.137 e. The Balaban J connectivity index is 2.41. The fraction of sp³-hybridized carbons (Fsp3) is 0.111. The molecule has 0 aliphatic heterocycles. The van der Waals surface area contributed by atoms with Gasteiger partial charge in [0.1, 0.15) is 5.75 Å². The largest absolute Gasteiger partial charge is 0.495 e. The second-order valence-electron chi connectivity index (χ2n) is 2.57. The van der Waals surface area contributed by atoms with Crippen LogP contribution in [0, 0.1) is 0 Å². The molecular formula is C9H9N3O. The van der Waals surface area contributed by atoms with E-state index in [0.717, 1.165) is 17.0 Å². The molecule has 2 rings (SSSR count). The molecule has 4 heteroatoms. The van der Waals surface area contributed by atoms with E-state index in [1.165, 1.54) is 0 Å². The normalized spacial score (nSPS) is 9.92. The summed E-state index contributed by atoms with van der Waals surface area (Å²) in [5, 5.41) is 0. The molecule has 0 atom stereocenters. The minimum atomic E-state index is 0.737. The monoisotopic (exact) mass is 175 g/mol. The average molecular weight is 175 g/mol. The molecule has 13 heavy (non-hydrogen) atoms. The Morgan fingerprint density at radius 2 is 2.31 bits per heavy atom. The molecule has 0 aromatic carbocycles. The van der Waals surface area contributed by atoms with Crippen molar-refractivity contribution in [3.63, 3.8) is 0 Å². The molecular weight excluding hydrogens is 166 g/mol. The van der Waals surface area contributed by atoms with Gasteiger partial charge in [-0.3, -0.25) is 4.98 Å². The van der Waals surface area contributed by atoms with Gasteiger partial charge in [-0.25, -0.2) is 4.98 Å². The Hall–Kier alpha value is -1.84. The number of aromatic amines is 1. The first kappa shape index (κ1) is 7.79. The Bertz CT molecular complexity index is 384. The number of ether oxygens (including phenoxy) is 1. The van der Waals surface area contributed by atoms with Crippen LogP contribution in [0.1, 0.15) is 0 Å². The summed E-state index contributed by atoms with van der Waals surface area (Å²) in [6.07, 6.45) is 6.86. The van der Waals surface area contributed by atoms with Crippen LogP contribution in [0.4, 0.5) is 0 Å². The number of hydrogen-bond donors (Lipinski definition) is 1. The molecule has 2 heterocycles. The highest BCUT2D eigenvalue weighted by molar-refractivity contribution is 5.58. The number of hydrogen-bond acceptors (Lipinski definition) is 3. The van der Waals surface area contributed by atoms with Crippen molar-refractivity contribution in [2.24, 2.45) is 0 Å². The summed E-state index contributed by atoms with van der Waals surface area (Å²) in [6.45, 7) is 0. The van der Waals surface area contributed by atoms with Crippen LogP contribution in [0.2, 0.25) is 0 Å². The zero-order chi connectivity index (χ0) is 9.10. The summed E-state index contributed by atoms with van der Waals surface area (Å²) in [7, 11) is 1.62. The van der Waals surface area contributed by atoms with Gasteiger partial charge in [0.2, 0.25) is 0 Å². The molecule has 0 saturated heterocycles. The van der Waals surface area contributed by atoms with E-state index in [1.807, 2.05) is 12.3 Å². The maximum absolute atomic E-state index is 5.05. The average Bonchev–Trinajstić information content (AvgIpc) is 2.71. The van der Waals surface area contributed by atoms with Gasteiger partial charge in [-0.1, -0.05) is 0 Å². The number of rotatable bonds is 2. The van der Waals surface area contributed by atoms with Crippen LogP contribution in [0.3, 0.4) is 0 Å². The minimum Gasteiger partial charge on any atom is -0.495 e. The number of nitrogens with one attached hydrogen (secondary N) is 1. The summed E-state index contributed by atoms with van der Waals surface area (Å²) >= 11 is 0. The van der Waals surface area contributed by atoms with Crippen LogP contribution in [-0.4, -0.2) is 22.1 Å². The molecule has 0 spiro atoms. The van der Waals surface area contributed by atoms with Crippen molar-refractivity contribution in [3.8, 4) is 17.0 Å². The predicted molar refractivity (Wildman–Crippen MR) is 48.4 cm³/mol. The second-order valence-corrected chi connectivity index (χ2v) is 2.57. The van der Waals surface area contributed by atoms with Crippen molar-refractivity contribution >= 4 is 0 Å². The first-order chi connectivity index (χ1) is 6.40. The lowest BCUT2D eigenvalue weighted by atomic mass is 10.2. The number of H-pyrrole nitrogens is 1. The fourth-order valence-corrected chi connectivity index (χ4v) is 1.09. The SMILES string of the molecule is COc1cncc(-c2c[nH]cn2)c1. The van der Waals surface area contributed by atoms with Crippen LogP contribution < -0.4 is 4.74 Å². The fourth-order valence-electron chi connectivity index (χ4n) is 1.09. The zero-order valence-corrected chi connectivity index (χ0v) is 7.19. The van der Waals surface area contributed by atoms with Crippen molar-refractivity contribution in [2.75, 3.05) is 7.11 Å². The number of aromatic nitrogens is 3. The van der Waals surface area contributed by atoms with E-state index in [4.69, 9.17) is 4.74 Å². The third-order valence-electron chi connectivity index (χ3n) is 1.74. The number of methoxy groups -OCH3 is 1. The number of pyridine rings is 1. The van der Waals surface area contributed by atoms with Gasteiger partial charge in [-0.15, -0.1) is 0 Å². The molecule has 1 N–H and O–H groups in total. The molecule has 0 radical (unpaired) electrons. The van der Waals surface area contributed by atoms with Crippen LogP contribution in [0.15, 0.2) is 31.0 Å². The van der Waals surface area contributed by atoms with Crippen LogP contribution >= 0.6 is 0 Å². The summed E-state index contributed by atoms with van der Waals surface area (Å²) in [6, 6.07) is 1.89. The standard InChI is InChI=1S/C9H9N3O/c1-13-8-2-7(3-10-4-8)9-5-11-6-12-9/h2-6H,1H3,(H,11,12). The summed E-state index contributed by atoms with van der Waals surface area (Å²) < 4.78 is 5.05. The van der Waals surface area contributed by atoms with E-state index < -0.39 is 0 Å². The van der Waals surface area contributed by atoms with Gasteiger partial charge in [0.15, 0.2) is 0 Å². The number of nitrogens with zero attached hydrogens (tertiary/aromatic N) is 2. The van der Waals surface area contributed by atoms with E-state index in [9.17, 15) is 0 Å². The molecule has 66 valence electrons. The van der Waals surface area contributed by atoms with E-state index >= 15 is 0 Å². The third-order valence-corrected chi connectivity index (χ3v) is 1.74. The lowest BCUT2D eigenvalue weighted by molar-refractivity contribution is 0.413. The lowest BCUT2D eigenvalue weighted by Gasteiger charge is -2.00. The topological polar surface area (TPSA) is 50.8 Å².